The van der Waals surface area contributed by atoms with Crippen LogP contribution in [0, 0.1) is 0 Å². The molecule has 1 aliphatic rings. The molecule has 0 spiro atoms. The molecule has 0 radical (unpaired) electrons. The first-order chi connectivity index (χ1) is 14.1. The molecule has 2 aromatic carbocycles. The largest absolute Gasteiger partial charge is 0.486 e. The number of benzene rings is 2. The Morgan fingerprint density at radius 1 is 1.03 bits per heavy atom. The maximum Gasteiger partial charge on any atom is 0.321 e. The number of carbonyl (C=O) groups excluding carboxylic acids is 3. The molecule has 0 saturated carbocycles. The predicted octanol–water partition coefficient (Wildman–Crippen LogP) is 2.13. The molecule has 0 unspecified atom stereocenters. The summed E-state index contributed by atoms with van der Waals surface area (Å²) in [6.45, 7) is 3.01. The highest BCUT2D eigenvalue weighted by atomic mass is 16.6. The second-order valence-electron chi connectivity index (χ2n) is 6.28. The first-order valence-corrected chi connectivity index (χ1v) is 9.28. The Morgan fingerprint density at radius 2 is 1.76 bits per heavy atom. The number of amides is 3. The monoisotopic (exact) mass is 398 g/mol. The molecule has 152 valence electrons. The highest BCUT2D eigenvalue weighted by Gasteiger charge is 2.26. The molecule has 1 aliphatic heterocycles. The molecule has 0 aromatic heterocycles. The molecule has 8 heteroatoms. The minimum Gasteiger partial charge on any atom is -0.486 e. The summed E-state index contributed by atoms with van der Waals surface area (Å²) in [6, 6.07) is 13.0. The van der Waals surface area contributed by atoms with Crippen molar-refractivity contribution < 1.29 is 28.6 Å². The minimum absolute atomic E-state index is 0.0611. The molecule has 2 N–H and O–H groups in total. The van der Waals surface area contributed by atoms with Crippen molar-refractivity contribution >= 4 is 17.9 Å². The SMILES string of the molecule is CCNC(=O)NC(=O)[C@@H](OC(=O)Cc1ccc2c(c1)OCCO2)c1ccccc1. The van der Waals surface area contributed by atoms with Gasteiger partial charge in [-0.15, -0.1) is 0 Å². The maximum absolute atomic E-state index is 12.5. The van der Waals surface area contributed by atoms with Crippen LogP contribution in [0.5, 0.6) is 11.5 Å². The van der Waals surface area contributed by atoms with E-state index in [0.717, 1.165) is 0 Å². The first kappa shape index (κ1) is 20.2. The average molecular weight is 398 g/mol. The topological polar surface area (TPSA) is 103 Å². The molecule has 3 rings (SSSR count). The molecule has 0 aliphatic carbocycles. The van der Waals surface area contributed by atoms with E-state index in [-0.39, 0.29) is 6.42 Å². The summed E-state index contributed by atoms with van der Waals surface area (Å²) in [5, 5.41) is 4.65. The van der Waals surface area contributed by atoms with Gasteiger partial charge in [0, 0.05) is 12.1 Å². The number of rotatable bonds is 6. The zero-order valence-electron chi connectivity index (χ0n) is 16.0. The quantitative estimate of drug-likeness (QED) is 0.723. The smallest absolute Gasteiger partial charge is 0.321 e. The Hall–Kier alpha value is -3.55. The van der Waals surface area contributed by atoms with Crippen LogP contribution in [-0.4, -0.2) is 37.7 Å². The van der Waals surface area contributed by atoms with Crippen molar-refractivity contribution in [2.24, 2.45) is 0 Å². The molecule has 0 saturated heterocycles. The van der Waals surface area contributed by atoms with Gasteiger partial charge in [0.05, 0.1) is 6.42 Å². The van der Waals surface area contributed by atoms with Gasteiger partial charge >= 0.3 is 12.0 Å². The van der Waals surface area contributed by atoms with E-state index in [9.17, 15) is 14.4 Å². The first-order valence-electron chi connectivity index (χ1n) is 9.28. The molecule has 2 aromatic rings. The Labute approximate surface area is 168 Å². The molecule has 3 amide bonds. The van der Waals surface area contributed by atoms with Crippen LogP contribution in [0.3, 0.4) is 0 Å². The lowest BCUT2D eigenvalue weighted by atomic mass is 10.1. The summed E-state index contributed by atoms with van der Waals surface area (Å²) in [5.41, 5.74) is 1.13. The van der Waals surface area contributed by atoms with Gasteiger partial charge in [0.15, 0.2) is 11.5 Å². The van der Waals surface area contributed by atoms with Gasteiger partial charge < -0.3 is 19.5 Å². The van der Waals surface area contributed by atoms with Crippen molar-refractivity contribution in [1.29, 1.82) is 0 Å². The fraction of sp³-hybridized carbons (Fsp3) is 0.286. The van der Waals surface area contributed by atoms with Crippen LogP contribution in [0.15, 0.2) is 48.5 Å². The molecule has 0 fully saturated rings. The third-order valence-electron chi connectivity index (χ3n) is 4.12. The number of esters is 1. The van der Waals surface area contributed by atoms with Crippen molar-refractivity contribution in [2.75, 3.05) is 19.8 Å². The van der Waals surface area contributed by atoms with Crippen LogP contribution in [0.1, 0.15) is 24.2 Å². The number of nitrogens with one attached hydrogen (secondary N) is 2. The lowest BCUT2D eigenvalue weighted by Gasteiger charge is -2.19. The van der Waals surface area contributed by atoms with Crippen molar-refractivity contribution in [1.82, 2.24) is 10.6 Å². The van der Waals surface area contributed by atoms with Crippen LogP contribution < -0.4 is 20.1 Å². The normalized spacial score (nSPS) is 13.1. The average Bonchev–Trinajstić information content (AvgIpc) is 2.72. The summed E-state index contributed by atoms with van der Waals surface area (Å²) in [6.07, 6.45) is -1.31. The summed E-state index contributed by atoms with van der Waals surface area (Å²) in [5.74, 6) is -0.147. The van der Waals surface area contributed by atoms with E-state index < -0.39 is 24.0 Å². The van der Waals surface area contributed by atoms with E-state index in [4.69, 9.17) is 14.2 Å². The van der Waals surface area contributed by atoms with E-state index in [1.807, 2.05) is 0 Å². The second-order valence-corrected chi connectivity index (χ2v) is 6.28. The molecular weight excluding hydrogens is 376 g/mol. The number of imide groups is 1. The summed E-state index contributed by atoms with van der Waals surface area (Å²) < 4.78 is 16.4. The third kappa shape index (κ3) is 5.47. The number of fused-ring (bicyclic) bond motifs is 1. The lowest BCUT2D eigenvalue weighted by Crippen LogP contribution is -2.42. The van der Waals surface area contributed by atoms with E-state index in [0.29, 0.717) is 42.4 Å². The molecule has 1 heterocycles. The molecule has 29 heavy (non-hydrogen) atoms. The number of hydrogen-bond donors (Lipinski definition) is 2. The summed E-state index contributed by atoms with van der Waals surface area (Å²) >= 11 is 0. The molecule has 8 nitrogen and oxygen atoms in total. The van der Waals surface area contributed by atoms with Gasteiger partial charge in [0.25, 0.3) is 5.91 Å². The van der Waals surface area contributed by atoms with E-state index in [2.05, 4.69) is 10.6 Å². The highest BCUT2D eigenvalue weighted by molar-refractivity contribution is 5.97. The van der Waals surface area contributed by atoms with E-state index in [1.165, 1.54) is 0 Å². The van der Waals surface area contributed by atoms with Gasteiger partial charge in [0.2, 0.25) is 6.10 Å². The second kappa shape index (κ2) is 9.59. The number of ether oxygens (including phenoxy) is 3. The van der Waals surface area contributed by atoms with Crippen LogP contribution in [-0.2, 0) is 20.7 Å². The fourth-order valence-corrected chi connectivity index (χ4v) is 2.82. The number of hydrogen-bond acceptors (Lipinski definition) is 6. The van der Waals surface area contributed by atoms with Crippen LogP contribution in [0.4, 0.5) is 4.79 Å². The molecule has 0 bridgehead atoms. The fourth-order valence-electron chi connectivity index (χ4n) is 2.82. The molecular formula is C21H22N2O6. The third-order valence-corrected chi connectivity index (χ3v) is 4.12. The van der Waals surface area contributed by atoms with Crippen molar-refractivity contribution in [3.63, 3.8) is 0 Å². The van der Waals surface area contributed by atoms with Gasteiger partial charge in [-0.2, -0.15) is 0 Å². The lowest BCUT2D eigenvalue weighted by molar-refractivity contribution is -0.155. The van der Waals surface area contributed by atoms with Crippen LogP contribution >= 0.6 is 0 Å². The van der Waals surface area contributed by atoms with Crippen molar-refractivity contribution in [3.05, 3.63) is 59.7 Å². The Balaban J connectivity index is 1.70. The Bertz CT molecular complexity index is 884. The standard InChI is InChI=1S/C21H22N2O6/c1-2-22-21(26)23-20(25)19(15-6-4-3-5-7-15)29-18(24)13-14-8-9-16-17(12-14)28-11-10-27-16/h3-9,12,19H,2,10-11,13H2,1H3,(H2,22,23,25,26)/t19-/m0/s1. The summed E-state index contributed by atoms with van der Waals surface area (Å²) in [7, 11) is 0. The van der Waals surface area contributed by atoms with Gasteiger partial charge in [-0.3, -0.25) is 14.9 Å². The number of carbonyl (C=O) groups is 3. The highest BCUT2D eigenvalue weighted by Crippen LogP contribution is 2.31. The van der Waals surface area contributed by atoms with Gasteiger partial charge in [-0.25, -0.2) is 4.79 Å². The van der Waals surface area contributed by atoms with E-state index >= 15 is 0 Å². The van der Waals surface area contributed by atoms with Gasteiger partial charge in [0.1, 0.15) is 13.2 Å². The molecule has 1 atom stereocenters. The Morgan fingerprint density at radius 3 is 2.48 bits per heavy atom. The van der Waals surface area contributed by atoms with Gasteiger partial charge in [-0.05, 0) is 24.6 Å². The minimum atomic E-state index is -1.25. The predicted molar refractivity (Wildman–Crippen MR) is 104 cm³/mol. The summed E-state index contributed by atoms with van der Waals surface area (Å²) in [4.78, 5) is 36.7. The number of urea groups is 1. The van der Waals surface area contributed by atoms with Crippen LogP contribution in [0.25, 0.3) is 0 Å². The van der Waals surface area contributed by atoms with Crippen molar-refractivity contribution in [2.45, 2.75) is 19.4 Å². The van der Waals surface area contributed by atoms with Gasteiger partial charge in [-0.1, -0.05) is 36.4 Å². The van der Waals surface area contributed by atoms with Crippen LogP contribution in [0.2, 0.25) is 0 Å². The van der Waals surface area contributed by atoms with E-state index in [1.54, 1.807) is 55.5 Å². The zero-order valence-corrected chi connectivity index (χ0v) is 16.0. The van der Waals surface area contributed by atoms with Crippen molar-refractivity contribution in [3.8, 4) is 11.5 Å². The maximum atomic E-state index is 12.5. The Kier molecular flexibility index (Phi) is 6.67. The zero-order chi connectivity index (χ0) is 20.6.